The van der Waals surface area contributed by atoms with Crippen LogP contribution in [0.1, 0.15) is 6.92 Å². The number of sulfonamides is 2. The smallest absolute Gasteiger partial charge is 0.407 e. The maximum absolute atomic E-state index is 14.6. The minimum Gasteiger partial charge on any atom is -0.407 e. The van der Waals surface area contributed by atoms with Crippen LogP contribution in [0.15, 0.2) is 64.4 Å². The molecule has 0 unspecified atom stereocenters. The molecule has 49 heavy (non-hydrogen) atoms. The van der Waals surface area contributed by atoms with Gasteiger partial charge in [0.05, 0.1) is 6.92 Å². The Morgan fingerprint density at radius 2 is 0.857 bits per heavy atom. The average Bonchev–Trinajstić information content (AvgIpc) is 2.92. The van der Waals surface area contributed by atoms with E-state index in [1.807, 2.05) is 0 Å². The summed E-state index contributed by atoms with van der Waals surface area (Å²) in [4.78, 5) is 0.634. The van der Waals surface area contributed by atoms with Crippen molar-refractivity contribution in [3.8, 4) is 5.75 Å². The maximum Gasteiger partial charge on any atom is 0.475 e. The molecule has 6 nitrogen and oxygen atoms in total. The second-order valence-corrected chi connectivity index (χ2v) is 14.1. The van der Waals surface area contributed by atoms with Crippen molar-refractivity contribution >= 4 is 37.7 Å². The Kier molecular flexibility index (Phi) is 10.8. The highest BCUT2D eigenvalue weighted by molar-refractivity contribution is 7.99. The molecule has 0 fully saturated rings. The summed E-state index contributed by atoms with van der Waals surface area (Å²) in [5.41, 5.74) is 0. The van der Waals surface area contributed by atoms with E-state index in [1.54, 1.807) is 6.07 Å². The SMILES string of the molecule is CC(Oc1ccc(Sc2ccccc2)cc1)=[N+](S(=O)(=O)C(F)(F)C(F)(F)C(F)(F)C(F)(F)F)S(=O)(=O)C(F)(F)C(F)(F)C(F)(F)C(F)(F)F. The van der Waals surface area contributed by atoms with Crippen molar-refractivity contribution in [1.29, 1.82) is 0 Å². The predicted molar refractivity (Wildman–Crippen MR) is 128 cm³/mol. The number of alkyl halides is 18. The molecule has 27 heteroatoms. The number of nitrogens with zero attached hydrogens (tertiary/aromatic N) is 1. The lowest BCUT2D eigenvalue weighted by Crippen LogP contribution is -2.68. The van der Waals surface area contributed by atoms with Crippen molar-refractivity contribution in [2.24, 2.45) is 0 Å². The normalized spacial score (nSPS) is 14.8. The molecule has 0 saturated heterocycles. The van der Waals surface area contributed by atoms with Crippen molar-refractivity contribution < 1.29 is 104 Å². The highest BCUT2D eigenvalue weighted by Gasteiger charge is 2.92. The van der Waals surface area contributed by atoms with Crippen molar-refractivity contribution in [1.82, 2.24) is 0 Å². The number of ether oxygens (including phenoxy) is 1. The number of hydrogen-bond acceptors (Lipinski definition) is 6. The summed E-state index contributed by atoms with van der Waals surface area (Å²) in [6.07, 6.45) is -15.7. The fourth-order valence-electron chi connectivity index (χ4n) is 3.13. The molecule has 2 aromatic carbocycles. The topological polar surface area (TPSA) is 80.5 Å². The third-order valence-corrected chi connectivity index (χ3v) is 11.0. The van der Waals surface area contributed by atoms with Gasteiger partial charge in [-0.2, -0.15) is 95.9 Å². The Labute approximate surface area is 265 Å². The molecular weight excluding hydrogens is 796 g/mol. The molecule has 0 amide bonds. The molecular formula is C22H12F18NO5S3+. The summed E-state index contributed by atoms with van der Waals surface area (Å²) < 4.78 is 294. The van der Waals surface area contributed by atoms with Gasteiger partial charge in [-0.05, 0) is 36.4 Å². The lowest BCUT2D eigenvalue weighted by atomic mass is 10.1. The van der Waals surface area contributed by atoms with Crippen LogP contribution in [-0.4, -0.2) is 72.7 Å². The van der Waals surface area contributed by atoms with E-state index in [9.17, 15) is 95.9 Å². The van der Waals surface area contributed by atoms with Crippen molar-refractivity contribution in [2.45, 2.75) is 63.3 Å². The zero-order valence-electron chi connectivity index (χ0n) is 22.7. The lowest BCUT2D eigenvalue weighted by molar-refractivity contribution is -0.390. The summed E-state index contributed by atoms with van der Waals surface area (Å²) in [6.45, 7) is -0.534. The molecule has 0 atom stereocenters. The van der Waals surface area contributed by atoms with Crippen LogP contribution >= 0.6 is 11.8 Å². The van der Waals surface area contributed by atoms with E-state index in [2.05, 4.69) is 4.74 Å². The Morgan fingerprint density at radius 3 is 1.18 bits per heavy atom. The monoisotopic (exact) mass is 808 g/mol. The molecule has 2 rings (SSSR count). The van der Waals surface area contributed by atoms with Gasteiger partial charge >= 0.3 is 72.5 Å². The summed E-state index contributed by atoms with van der Waals surface area (Å²) >= 11 is 0.895. The highest BCUT2D eigenvalue weighted by atomic mass is 32.3. The van der Waals surface area contributed by atoms with Crippen molar-refractivity contribution in [3.05, 3.63) is 54.6 Å². The van der Waals surface area contributed by atoms with Gasteiger partial charge in [-0.1, -0.05) is 30.0 Å². The summed E-state index contributed by atoms with van der Waals surface area (Å²) in [7, 11) is -18.2. The van der Waals surface area contributed by atoms with Gasteiger partial charge in [0.2, 0.25) is 0 Å². The van der Waals surface area contributed by atoms with Gasteiger partial charge in [0, 0.05) is 13.2 Å². The van der Waals surface area contributed by atoms with Gasteiger partial charge in [0.25, 0.3) is 0 Å². The van der Waals surface area contributed by atoms with Crippen LogP contribution in [0.4, 0.5) is 79.0 Å². The fourth-order valence-corrected chi connectivity index (χ4v) is 7.63. The van der Waals surface area contributed by atoms with E-state index < -0.39 is 88.6 Å². The predicted octanol–water partition coefficient (Wildman–Crippen LogP) is 8.16. The maximum atomic E-state index is 14.6. The Hall–Kier alpha value is -3.10. The fraction of sp³-hybridized carbons (Fsp3) is 0.409. The number of hydrogen-bond donors (Lipinski definition) is 0. The van der Waals surface area contributed by atoms with Gasteiger partial charge in [0.1, 0.15) is 5.75 Å². The van der Waals surface area contributed by atoms with E-state index in [0.717, 1.165) is 23.9 Å². The standard InChI is InChI=1S/C22H12F18NO5S3/c1-11(46-12-7-9-14(10-8-12)47-13-5-3-2-4-6-13)41(48(42,43)21(37,38)17(27,28)15(23,24)19(31,32)33)49(44,45)22(39,40)18(29,30)16(25,26)20(34,35)36/h2-10H,1H3/q+1. The van der Waals surface area contributed by atoms with Crippen LogP contribution in [0, 0.1) is 0 Å². The molecule has 0 saturated carbocycles. The van der Waals surface area contributed by atoms with Crippen LogP contribution in [0.25, 0.3) is 0 Å². The van der Waals surface area contributed by atoms with Crippen LogP contribution in [-0.2, 0) is 20.0 Å². The molecule has 0 aliphatic rings. The van der Waals surface area contributed by atoms with E-state index in [0.29, 0.717) is 17.0 Å². The van der Waals surface area contributed by atoms with Gasteiger partial charge in [-0.3, -0.25) is 0 Å². The van der Waals surface area contributed by atoms with Crippen LogP contribution in [0.2, 0.25) is 0 Å². The minimum atomic E-state index is -9.08. The van der Waals surface area contributed by atoms with E-state index >= 15 is 0 Å². The van der Waals surface area contributed by atoms with Crippen LogP contribution < -0.4 is 4.74 Å². The highest BCUT2D eigenvalue weighted by Crippen LogP contribution is 2.58. The third-order valence-electron chi connectivity index (χ3n) is 5.64. The quantitative estimate of drug-likeness (QED) is 0.0988. The zero-order valence-corrected chi connectivity index (χ0v) is 25.2. The lowest BCUT2D eigenvalue weighted by Gasteiger charge is -2.33. The van der Waals surface area contributed by atoms with E-state index in [-0.39, 0.29) is 4.90 Å². The van der Waals surface area contributed by atoms with Gasteiger partial charge in [0.15, 0.2) is 0 Å². The molecule has 278 valence electrons. The molecule has 0 aliphatic carbocycles. The summed E-state index contributed by atoms with van der Waals surface area (Å²) in [6, 6.07) is 10.5. The molecule has 0 N–H and O–H groups in total. The van der Waals surface area contributed by atoms with E-state index in [1.165, 1.54) is 24.3 Å². The molecule has 0 spiro atoms. The molecule has 2 aromatic rings. The first-order valence-corrected chi connectivity index (χ1v) is 15.3. The van der Waals surface area contributed by atoms with Crippen molar-refractivity contribution in [3.63, 3.8) is 0 Å². The van der Waals surface area contributed by atoms with Crippen LogP contribution in [0.3, 0.4) is 0 Å². The minimum absolute atomic E-state index is 0.148. The number of benzene rings is 2. The first-order valence-electron chi connectivity index (χ1n) is 11.6. The Balaban J connectivity index is 2.95. The Bertz CT molecular complexity index is 1690. The first kappa shape index (κ1) is 42.1. The number of halogens is 18. The zero-order chi connectivity index (χ0) is 38.7. The van der Waals surface area contributed by atoms with Gasteiger partial charge in [-0.25, -0.2) is 0 Å². The first-order chi connectivity index (χ1) is 21.6. The largest absolute Gasteiger partial charge is 0.475 e. The molecule has 0 heterocycles. The molecule has 0 radical (unpaired) electrons. The van der Waals surface area contributed by atoms with Gasteiger partial charge in [-0.15, -0.1) is 0 Å². The van der Waals surface area contributed by atoms with E-state index in [4.69, 9.17) is 0 Å². The summed E-state index contributed by atoms with van der Waals surface area (Å²) in [5, 5.41) is -16.7. The molecule has 0 aliphatic heterocycles. The second kappa shape index (κ2) is 12.6. The second-order valence-electron chi connectivity index (χ2n) is 9.04. The molecule has 0 aromatic heterocycles. The molecule has 0 bridgehead atoms. The Morgan fingerprint density at radius 1 is 0.531 bits per heavy atom. The third kappa shape index (κ3) is 6.72. The van der Waals surface area contributed by atoms with Crippen molar-refractivity contribution in [2.75, 3.05) is 0 Å². The van der Waals surface area contributed by atoms with Crippen LogP contribution in [0.5, 0.6) is 5.75 Å². The average molecular weight is 809 g/mol. The summed E-state index contributed by atoms with van der Waals surface area (Å²) in [5.74, 6) is -37.5. The van der Waals surface area contributed by atoms with Gasteiger partial charge < -0.3 is 4.74 Å². The number of rotatable bonds is 11.